The summed E-state index contributed by atoms with van der Waals surface area (Å²) in [7, 11) is 0. The zero-order valence-electron chi connectivity index (χ0n) is 11.4. The van der Waals surface area contributed by atoms with Gasteiger partial charge in [-0.25, -0.2) is 4.39 Å². The molecule has 0 heterocycles. The van der Waals surface area contributed by atoms with Crippen molar-refractivity contribution in [1.82, 2.24) is 0 Å². The molecule has 1 spiro atoms. The summed E-state index contributed by atoms with van der Waals surface area (Å²) in [6.07, 6.45) is 7.01. The molecule has 4 heteroatoms. The van der Waals surface area contributed by atoms with Crippen LogP contribution in [-0.4, -0.2) is 17.3 Å². The van der Waals surface area contributed by atoms with Gasteiger partial charge in [-0.1, -0.05) is 41.6 Å². The summed E-state index contributed by atoms with van der Waals surface area (Å²) in [5, 5.41) is 10.2. The average Bonchev–Trinajstić information content (AvgIpc) is 2.69. The van der Waals surface area contributed by atoms with Crippen molar-refractivity contribution < 1.29 is 14.2 Å². The molecule has 1 N–H and O–H groups in total. The number of benzene rings is 1. The zero-order valence-corrected chi connectivity index (χ0v) is 13.0. The van der Waals surface area contributed by atoms with Crippen molar-refractivity contribution >= 4 is 15.9 Å². The van der Waals surface area contributed by atoms with Crippen molar-refractivity contribution in [3.8, 4) is 5.75 Å². The zero-order chi connectivity index (χ0) is 14.2. The Labute approximate surface area is 127 Å². The molecule has 1 aromatic rings. The minimum Gasteiger partial charge on any atom is -0.487 e. The van der Waals surface area contributed by atoms with Crippen LogP contribution >= 0.6 is 15.9 Å². The third-order valence-corrected chi connectivity index (χ3v) is 5.43. The molecule has 2 atom stereocenters. The Hall–Kier alpha value is -0.610. The van der Waals surface area contributed by atoms with E-state index in [-0.39, 0.29) is 23.4 Å². The van der Waals surface area contributed by atoms with Crippen LogP contribution in [0.4, 0.5) is 4.39 Å². The van der Waals surface area contributed by atoms with Gasteiger partial charge < -0.3 is 9.84 Å². The van der Waals surface area contributed by atoms with Crippen molar-refractivity contribution in [1.29, 1.82) is 0 Å². The number of halogens is 2. The van der Waals surface area contributed by atoms with Gasteiger partial charge in [-0.2, -0.15) is 0 Å². The van der Waals surface area contributed by atoms with E-state index in [0.29, 0.717) is 16.6 Å². The van der Waals surface area contributed by atoms with Gasteiger partial charge in [-0.3, -0.25) is 0 Å². The number of hydrogen-bond acceptors (Lipinski definition) is 2. The van der Waals surface area contributed by atoms with E-state index in [0.717, 1.165) is 25.7 Å². The molecular weight excluding hydrogens is 323 g/mol. The van der Waals surface area contributed by atoms with Crippen molar-refractivity contribution in [3.63, 3.8) is 0 Å². The number of ether oxygens (including phenoxy) is 1. The summed E-state index contributed by atoms with van der Waals surface area (Å²) in [4.78, 5) is 0. The molecule has 1 aromatic carbocycles. The predicted octanol–water partition coefficient (Wildman–Crippen LogP) is 4.44. The van der Waals surface area contributed by atoms with Crippen molar-refractivity contribution in [2.45, 2.75) is 57.2 Å². The Balaban J connectivity index is 1.76. The van der Waals surface area contributed by atoms with Crippen LogP contribution < -0.4 is 4.74 Å². The van der Waals surface area contributed by atoms with Crippen LogP contribution in [-0.2, 0) is 0 Å². The van der Waals surface area contributed by atoms with Crippen molar-refractivity contribution in [2.24, 2.45) is 5.41 Å². The van der Waals surface area contributed by atoms with Crippen molar-refractivity contribution in [3.05, 3.63) is 28.5 Å². The lowest BCUT2D eigenvalue weighted by atomic mass is 9.59. The van der Waals surface area contributed by atoms with E-state index >= 15 is 0 Å². The molecule has 0 aromatic heterocycles. The fourth-order valence-electron chi connectivity index (χ4n) is 3.66. The molecule has 0 radical (unpaired) electrons. The Kier molecular flexibility index (Phi) is 4.04. The topological polar surface area (TPSA) is 29.5 Å². The minimum atomic E-state index is -0.343. The normalized spacial score (nSPS) is 28.8. The lowest BCUT2D eigenvalue weighted by Crippen LogP contribution is -2.59. The van der Waals surface area contributed by atoms with Crippen LogP contribution in [0, 0.1) is 11.2 Å². The van der Waals surface area contributed by atoms with Crippen LogP contribution in [0.2, 0.25) is 0 Å². The predicted molar refractivity (Wildman–Crippen MR) is 79.3 cm³/mol. The first-order valence-electron chi connectivity index (χ1n) is 7.41. The van der Waals surface area contributed by atoms with E-state index in [2.05, 4.69) is 15.9 Å². The van der Waals surface area contributed by atoms with E-state index in [1.807, 2.05) is 0 Å². The summed E-state index contributed by atoms with van der Waals surface area (Å²) in [6.45, 7) is 0. The Morgan fingerprint density at radius 1 is 1.20 bits per heavy atom. The van der Waals surface area contributed by atoms with Gasteiger partial charge in [0.15, 0.2) is 11.6 Å². The van der Waals surface area contributed by atoms with Crippen LogP contribution in [0.25, 0.3) is 0 Å². The van der Waals surface area contributed by atoms with Gasteiger partial charge in [0.2, 0.25) is 0 Å². The highest BCUT2D eigenvalue weighted by molar-refractivity contribution is 9.10. The quantitative estimate of drug-likeness (QED) is 0.860. The molecule has 2 unspecified atom stereocenters. The van der Waals surface area contributed by atoms with E-state index in [1.54, 1.807) is 12.1 Å². The number of aliphatic hydroxyl groups excluding tert-OH is 1. The maximum absolute atomic E-state index is 13.9. The highest BCUT2D eigenvalue weighted by Crippen LogP contribution is 2.52. The largest absolute Gasteiger partial charge is 0.487 e. The SMILES string of the molecule is OC1CC(Oc2ccc(Br)cc2F)C12CCCCCC2. The first kappa shape index (κ1) is 14.3. The second-order valence-electron chi connectivity index (χ2n) is 6.08. The molecule has 2 aliphatic rings. The van der Waals surface area contributed by atoms with Crippen LogP contribution in [0.3, 0.4) is 0 Å². The first-order chi connectivity index (χ1) is 9.62. The molecule has 0 amide bonds. The highest BCUT2D eigenvalue weighted by Gasteiger charge is 2.55. The van der Waals surface area contributed by atoms with E-state index in [4.69, 9.17) is 4.74 Å². The second kappa shape index (κ2) is 5.64. The molecular formula is C16H20BrFO2. The van der Waals surface area contributed by atoms with E-state index < -0.39 is 0 Å². The summed E-state index contributed by atoms with van der Waals surface area (Å²) >= 11 is 3.25. The average molecular weight is 343 g/mol. The van der Waals surface area contributed by atoms with Crippen molar-refractivity contribution in [2.75, 3.05) is 0 Å². The number of rotatable bonds is 2. The molecule has 2 aliphatic carbocycles. The first-order valence-corrected chi connectivity index (χ1v) is 8.21. The maximum atomic E-state index is 13.9. The maximum Gasteiger partial charge on any atom is 0.166 e. The summed E-state index contributed by atoms with van der Waals surface area (Å²) < 4.78 is 20.5. The monoisotopic (exact) mass is 342 g/mol. The lowest BCUT2D eigenvalue weighted by molar-refractivity contribution is -0.163. The molecule has 0 bridgehead atoms. The Morgan fingerprint density at radius 3 is 2.50 bits per heavy atom. The summed E-state index contributed by atoms with van der Waals surface area (Å²) in [5.74, 6) is -0.0433. The molecule has 110 valence electrons. The standard InChI is InChI=1S/C16H20BrFO2/c17-11-5-6-13(12(18)9-11)20-15-10-14(19)16(15)7-3-1-2-4-8-16/h5-6,9,14-15,19H,1-4,7-8,10H2. The Bertz CT molecular complexity index is 483. The van der Waals surface area contributed by atoms with Crippen LogP contribution in [0.5, 0.6) is 5.75 Å². The molecule has 2 nitrogen and oxygen atoms in total. The molecule has 2 fully saturated rings. The Morgan fingerprint density at radius 2 is 1.90 bits per heavy atom. The highest BCUT2D eigenvalue weighted by atomic mass is 79.9. The fourth-order valence-corrected chi connectivity index (χ4v) is 3.99. The van der Waals surface area contributed by atoms with Gasteiger partial charge >= 0.3 is 0 Å². The van der Waals surface area contributed by atoms with E-state index in [1.165, 1.54) is 18.9 Å². The lowest BCUT2D eigenvalue weighted by Gasteiger charge is -2.53. The van der Waals surface area contributed by atoms with E-state index in [9.17, 15) is 9.50 Å². The third kappa shape index (κ3) is 2.48. The third-order valence-electron chi connectivity index (χ3n) is 4.94. The number of hydrogen-bond donors (Lipinski definition) is 1. The smallest absolute Gasteiger partial charge is 0.166 e. The molecule has 2 saturated carbocycles. The summed E-state index contributed by atoms with van der Waals surface area (Å²) in [5.41, 5.74) is -0.143. The molecule has 0 aliphatic heterocycles. The summed E-state index contributed by atoms with van der Waals surface area (Å²) in [6, 6.07) is 4.87. The van der Waals surface area contributed by atoms with Gasteiger partial charge in [-0.05, 0) is 31.0 Å². The van der Waals surface area contributed by atoms with Gasteiger partial charge in [0.05, 0.1) is 6.10 Å². The minimum absolute atomic E-state index is 0.0497. The van der Waals surface area contributed by atoms with Gasteiger partial charge in [-0.15, -0.1) is 0 Å². The fraction of sp³-hybridized carbons (Fsp3) is 0.625. The molecule has 20 heavy (non-hydrogen) atoms. The molecule has 0 saturated heterocycles. The number of aliphatic hydroxyl groups is 1. The van der Waals surface area contributed by atoms with Gasteiger partial charge in [0.1, 0.15) is 6.10 Å². The van der Waals surface area contributed by atoms with Gasteiger partial charge in [0.25, 0.3) is 0 Å². The van der Waals surface area contributed by atoms with Crippen LogP contribution in [0.15, 0.2) is 22.7 Å². The van der Waals surface area contributed by atoms with Crippen LogP contribution in [0.1, 0.15) is 44.9 Å². The second-order valence-corrected chi connectivity index (χ2v) is 7.00. The van der Waals surface area contributed by atoms with Gasteiger partial charge in [0, 0.05) is 16.3 Å². The molecule has 3 rings (SSSR count).